The van der Waals surface area contributed by atoms with Gasteiger partial charge in [0.15, 0.2) is 12.6 Å². The third kappa shape index (κ3) is 6.23. The molecule has 0 fully saturated rings. The highest BCUT2D eigenvalue weighted by molar-refractivity contribution is 5.91. The maximum absolute atomic E-state index is 13.3. The fourth-order valence-corrected chi connectivity index (χ4v) is 3.32. The molecule has 0 radical (unpaired) electrons. The summed E-state index contributed by atoms with van der Waals surface area (Å²) in [6, 6.07) is 24.5. The first-order valence-corrected chi connectivity index (χ1v) is 10.2. The second kappa shape index (κ2) is 10.5. The molecule has 160 valence electrons. The Hall–Kier alpha value is -3.51. The molecule has 1 unspecified atom stereocenters. The molecule has 0 heterocycles. The smallest absolute Gasteiger partial charge is 0.279 e. The van der Waals surface area contributed by atoms with Crippen molar-refractivity contribution in [3.05, 3.63) is 102 Å². The van der Waals surface area contributed by atoms with Crippen LogP contribution in [0.4, 0.5) is 10.1 Å². The molecular formula is C25H27FN3O2+. The Balaban J connectivity index is 1.65. The van der Waals surface area contributed by atoms with Gasteiger partial charge < -0.3 is 15.5 Å². The summed E-state index contributed by atoms with van der Waals surface area (Å²) >= 11 is 0. The van der Waals surface area contributed by atoms with Gasteiger partial charge in [-0.1, -0.05) is 66.7 Å². The second-order valence-corrected chi connectivity index (χ2v) is 7.57. The third-order valence-electron chi connectivity index (χ3n) is 5.23. The summed E-state index contributed by atoms with van der Waals surface area (Å²) in [6.45, 7) is 1.86. The SMILES string of the molecule is C[C@@H](C(=O)NC(c1ccccc1)c1ccccc1)[NH+](C)CC(=O)Nc1cccc(F)c1. The van der Waals surface area contributed by atoms with E-state index >= 15 is 0 Å². The summed E-state index contributed by atoms with van der Waals surface area (Å²) < 4.78 is 13.3. The van der Waals surface area contributed by atoms with Crippen molar-refractivity contribution in [3.8, 4) is 0 Å². The maximum Gasteiger partial charge on any atom is 0.279 e. The van der Waals surface area contributed by atoms with Crippen LogP contribution in [0.15, 0.2) is 84.9 Å². The van der Waals surface area contributed by atoms with Gasteiger partial charge in [0, 0.05) is 5.69 Å². The minimum atomic E-state index is -0.465. The predicted octanol–water partition coefficient (Wildman–Crippen LogP) is 2.57. The third-order valence-corrected chi connectivity index (χ3v) is 5.23. The van der Waals surface area contributed by atoms with E-state index in [9.17, 15) is 14.0 Å². The molecule has 31 heavy (non-hydrogen) atoms. The Kier molecular flexibility index (Phi) is 7.51. The van der Waals surface area contributed by atoms with Gasteiger partial charge in [-0.3, -0.25) is 9.59 Å². The van der Waals surface area contributed by atoms with Crippen molar-refractivity contribution in [1.82, 2.24) is 5.32 Å². The van der Waals surface area contributed by atoms with E-state index in [-0.39, 0.29) is 24.4 Å². The quantitative estimate of drug-likeness (QED) is 0.525. The average molecular weight is 421 g/mol. The molecule has 3 rings (SSSR count). The summed E-state index contributed by atoms with van der Waals surface area (Å²) in [6.07, 6.45) is 0. The van der Waals surface area contributed by atoms with Crippen molar-refractivity contribution >= 4 is 17.5 Å². The van der Waals surface area contributed by atoms with Crippen LogP contribution in [0.1, 0.15) is 24.1 Å². The number of carbonyl (C=O) groups excluding carboxylic acids is 2. The molecular weight excluding hydrogens is 393 g/mol. The van der Waals surface area contributed by atoms with E-state index in [0.717, 1.165) is 16.0 Å². The van der Waals surface area contributed by atoms with Gasteiger partial charge in [-0.15, -0.1) is 0 Å². The van der Waals surface area contributed by atoms with Gasteiger partial charge >= 0.3 is 0 Å². The van der Waals surface area contributed by atoms with Crippen LogP contribution in [0.5, 0.6) is 0 Å². The summed E-state index contributed by atoms with van der Waals surface area (Å²) in [5.41, 5.74) is 2.36. The van der Waals surface area contributed by atoms with Crippen molar-refractivity contribution in [2.24, 2.45) is 0 Å². The van der Waals surface area contributed by atoms with Gasteiger partial charge in [0.25, 0.3) is 11.8 Å². The largest absolute Gasteiger partial charge is 0.340 e. The number of anilines is 1. The van der Waals surface area contributed by atoms with Crippen LogP contribution in [0.2, 0.25) is 0 Å². The van der Waals surface area contributed by atoms with Crippen LogP contribution < -0.4 is 15.5 Å². The molecule has 0 saturated heterocycles. The average Bonchev–Trinajstić information content (AvgIpc) is 2.77. The van der Waals surface area contributed by atoms with Crippen LogP contribution in [0.25, 0.3) is 0 Å². The molecule has 0 aromatic heterocycles. The Morgan fingerprint density at radius 1 is 0.903 bits per heavy atom. The molecule has 3 aromatic rings. The van der Waals surface area contributed by atoms with E-state index in [2.05, 4.69) is 10.6 Å². The van der Waals surface area contributed by atoms with Crippen molar-refractivity contribution in [3.63, 3.8) is 0 Å². The zero-order valence-corrected chi connectivity index (χ0v) is 17.6. The predicted molar refractivity (Wildman–Crippen MR) is 119 cm³/mol. The van der Waals surface area contributed by atoms with E-state index in [1.54, 1.807) is 20.0 Å². The fourth-order valence-electron chi connectivity index (χ4n) is 3.32. The van der Waals surface area contributed by atoms with Gasteiger partial charge in [-0.2, -0.15) is 0 Å². The van der Waals surface area contributed by atoms with Crippen LogP contribution >= 0.6 is 0 Å². The van der Waals surface area contributed by atoms with Crippen LogP contribution in [0.3, 0.4) is 0 Å². The molecule has 0 spiro atoms. The van der Waals surface area contributed by atoms with Crippen molar-refractivity contribution in [2.75, 3.05) is 18.9 Å². The highest BCUT2D eigenvalue weighted by Gasteiger charge is 2.27. The monoisotopic (exact) mass is 420 g/mol. The van der Waals surface area contributed by atoms with E-state index in [0.29, 0.717) is 5.69 Å². The molecule has 0 aliphatic heterocycles. The Bertz CT molecular complexity index is 972. The Labute approximate surface area is 181 Å². The molecule has 0 bridgehead atoms. The summed E-state index contributed by atoms with van der Waals surface area (Å²) in [4.78, 5) is 26.1. The van der Waals surface area contributed by atoms with Crippen LogP contribution in [-0.2, 0) is 9.59 Å². The van der Waals surface area contributed by atoms with Crippen molar-refractivity contribution < 1.29 is 18.9 Å². The first-order chi connectivity index (χ1) is 14.9. The molecule has 2 amide bonds. The number of hydrogen-bond acceptors (Lipinski definition) is 2. The lowest BCUT2D eigenvalue weighted by molar-refractivity contribution is -0.885. The molecule has 0 aliphatic rings. The number of carbonyl (C=O) groups is 2. The maximum atomic E-state index is 13.3. The Morgan fingerprint density at radius 2 is 1.48 bits per heavy atom. The number of likely N-dealkylation sites (N-methyl/N-ethyl adjacent to an activating group) is 1. The second-order valence-electron chi connectivity index (χ2n) is 7.57. The summed E-state index contributed by atoms with van der Waals surface area (Å²) in [7, 11) is 1.79. The van der Waals surface area contributed by atoms with Crippen molar-refractivity contribution in [2.45, 2.75) is 19.0 Å². The lowest BCUT2D eigenvalue weighted by Gasteiger charge is -2.25. The van der Waals surface area contributed by atoms with Gasteiger partial charge in [0.2, 0.25) is 0 Å². The number of nitrogens with one attached hydrogen (secondary N) is 3. The summed E-state index contributed by atoms with van der Waals surface area (Å²) in [5.74, 6) is -0.863. The normalized spacial score (nSPS) is 12.8. The number of halogens is 1. The van der Waals surface area contributed by atoms with Crippen LogP contribution in [0, 0.1) is 5.82 Å². The number of rotatable bonds is 8. The van der Waals surface area contributed by atoms with E-state index in [1.165, 1.54) is 18.2 Å². The van der Waals surface area contributed by atoms with Gasteiger partial charge in [-0.25, -0.2) is 4.39 Å². The lowest BCUT2D eigenvalue weighted by atomic mass is 9.98. The fraction of sp³-hybridized carbons (Fsp3) is 0.200. The number of hydrogen-bond donors (Lipinski definition) is 3. The standard InChI is InChI=1S/C25H26FN3O2/c1-18(29(2)17-23(30)27-22-15-9-14-21(26)16-22)25(31)28-24(19-10-5-3-6-11-19)20-12-7-4-8-13-20/h3-16,18,24H,17H2,1-2H3,(H,27,30)(H,28,31)/p+1/t18-/m0/s1. The zero-order valence-electron chi connectivity index (χ0n) is 17.6. The molecule has 0 saturated carbocycles. The number of benzene rings is 3. The minimum Gasteiger partial charge on any atom is -0.340 e. The first kappa shape index (κ1) is 22.2. The van der Waals surface area contributed by atoms with Crippen LogP contribution in [-0.4, -0.2) is 31.4 Å². The topological polar surface area (TPSA) is 62.6 Å². The van der Waals surface area contributed by atoms with E-state index in [4.69, 9.17) is 0 Å². The molecule has 6 heteroatoms. The Morgan fingerprint density at radius 3 is 2.03 bits per heavy atom. The molecule has 3 aromatic carbocycles. The molecule has 0 aliphatic carbocycles. The summed E-state index contributed by atoms with van der Waals surface area (Å²) in [5, 5.41) is 5.79. The highest BCUT2D eigenvalue weighted by atomic mass is 19.1. The zero-order chi connectivity index (χ0) is 22.2. The van der Waals surface area contributed by atoms with Gasteiger partial charge in [0.05, 0.1) is 13.1 Å². The minimum absolute atomic E-state index is 0.0758. The molecule has 3 N–H and O–H groups in total. The number of amides is 2. The lowest BCUT2D eigenvalue weighted by Crippen LogP contribution is -3.15. The number of quaternary nitrogens is 1. The van der Waals surface area contributed by atoms with Crippen molar-refractivity contribution in [1.29, 1.82) is 0 Å². The van der Waals surface area contributed by atoms with Gasteiger partial charge in [0.1, 0.15) is 5.82 Å². The van der Waals surface area contributed by atoms with Gasteiger partial charge in [-0.05, 0) is 36.2 Å². The molecule has 2 atom stereocenters. The molecule has 5 nitrogen and oxygen atoms in total. The van der Waals surface area contributed by atoms with E-state index in [1.807, 2.05) is 60.7 Å². The van der Waals surface area contributed by atoms with E-state index < -0.39 is 11.9 Å². The highest BCUT2D eigenvalue weighted by Crippen LogP contribution is 2.21. The first-order valence-electron chi connectivity index (χ1n) is 10.2.